The Hall–Kier alpha value is -1.92. The van der Waals surface area contributed by atoms with Gasteiger partial charge >= 0.3 is 0 Å². The molecule has 1 aliphatic heterocycles. The number of Topliss-reactive ketones (excluding diaryl/α,β-unsaturated/α-hetero) is 1. The number of anilines is 1. The minimum atomic E-state index is -0.00643. The third kappa shape index (κ3) is 8.84. The number of amides is 1. The third-order valence-corrected chi connectivity index (χ3v) is 5.17. The van der Waals surface area contributed by atoms with Crippen LogP contribution in [0.4, 0.5) is 5.69 Å². The first kappa shape index (κ1) is 26.1. The molecule has 1 fully saturated rings. The predicted molar refractivity (Wildman–Crippen MR) is 127 cm³/mol. The Morgan fingerprint density at radius 1 is 0.900 bits per heavy atom. The molecule has 0 radical (unpaired) electrons. The average Bonchev–Trinajstić information content (AvgIpc) is 2.74. The molecule has 2 N–H and O–H groups in total. The molecular formula is C23H31Cl2N3O2. The molecule has 0 spiro atoms. The van der Waals surface area contributed by atoms with Crippen LogP contribution in [0.3, 0.4) is 0 Å². The van der Waals surface area contributed by atoms with Crippen molar-refractivity contribution in [2.45, 2.75) is 31.7 Å². The van der Waals surface area contributed by atoms with Gasteiger partial charge in [-0.2, -0.15) is 0 Å². The van der Waals surface area contributed by atoms with Gasteiger partial charge in [0.25, 0.3) is 0 Å². The van der Waals surface area contributed by atoms with E-state index in [2.05, 4.69) is 15.5 Å². The van der Waals surface area contributed by atoms with E-state index < -0.39 is 0 Å². The minimum Gasteiger partial charge on any atom is -0.325 e. The van der Waals surface area contributed by atoms with Crippen LogP contribution in [0.25, 0.3) is 0 Å². The maximum atomic E-state index is 12.2. The molecule has 0 aromatic heterocycles. The molecule has 7 heteroatoms. The van der Waals surface area contributed by atoms with Gasteiger partial charge in [-0.3, -0.25) is 9.59 Å². The lowest BCUT2D eigenvalue weighted by Gasteiger charge is -2.32. The van der Waals surface area contributed by atoms with Crippen LogP contribution in [0.5, 0.6) is 0 Å². The highest BCUT2D eigenvalue weighted by atomic mass is 35.5. The summed E-state index contributed by atoms with van der Waals surface area (Å²) in [6.45, 7) is 3.32. The van der Waals surface area contributed by atoms with Gasteiger partial charge in [-0.25, -0.2) is 0 Å². The number of halogens is 2. The second-order valence-corrected chi connectivity index (χ2v) is 7.30. The molecule has 0 atom stereocenters. The van der Waals surface area contributed by atoms with E-state index in [9.17, 15) is 9.59 Å². The summed E-state index contributed by atoms with van der Waals surface area (Å²) >= 11 is 0. The van der Waals surface area contributed by atoms with Crippen molar-refractivity contribution in [1.82, 2.24) is 10.2 Å². The second kappa shape index (κ2) is 14.1. The van der Waals surface area contributed by atoms with Crippen LogP contribution in [-0.4, -0.2) is 48.8 Å². The molecule has 0 saturated carbocycles. The number of hydrogen-bond donors (Lipinski definition) is 2. The van der Waals surface area contributed by atoms with Crippen molar-refractivity contribution in [2.75, 3.05) is 31.5 Å². The number of ketones is 1. The third-order valence-electron chi connectivity index (χ3n) is 5.17. The van der Waals surface area contributed by atoms with Gasteiger partial charge in [0.05, 0.1) is 6.54 Å². The van der Waals surface area contributed by atoms with Gasteiger partial charge < -0.3 is 15.5 Å². The molecule has 2 aromatic rings. The van der Waals surface area contributed by atoms with Crippen LogP contribution in [0.2, 0.25) is 0 Å². The summed E-state index contributed by atoms with van der Waals surface area (Å²) in [4.78, 5) is 26.6. The van der Waals surface area contributed by atoms with Gasteiger partial charge in [0.2, 0.25) is 5.91 Å². The topological polar surface area (TPSA) is 61.4 Å². The zero-order valence-electron chi connectivity index (χ0n) is 17.1. The largest absolute Gasteiger partial charge is 0.325 e. The normalized spacial score (nSPS) is 14.3. The Bertz CT molecular complexity index is 752. The molecule has 0 bridgehead atoms. The maximum Gasteiger partial charge on any atom is 0.238 e. The summed E-state index contributed by atoms with van der Waals surface area (Å²) in [7, 11) is 0. The van der Waals surface area contributed by atoms with Crippen molar-refractivity contribution in [1.29, 1.82) is 0 Å². The van der Waals surface area contributed by atoms with Crippen molar-refractivity contribution in [2.24, 2.45) is 0 Å². The van der Waals surface area contributed by atoms with Crippen molar-refractivity contribution >= 4 is 42.2 Å². The van der Waals surface area contributed by atoms with Gasteiger partial charge in [0, 0.05) is 23.7 Å². The van der Waals surface area contributed by atoms with E-state index in [0.29, 0.717) is 19.0 Å². The molecule has 3 rings (SSSR count). The molecule has 5 nitrogen and oxygen atoms in total. The zero-order valence-corrected chi connectivity index (χ0v) is 18.7. The van der Waals surface area contributed by atoms with E-state index in [1.54, 1.807) is 0 Å². The van der Waals surface area contributed by atoms with Gasteiger partial charge in [-0.15, -0.1) is 24.8 Å². The molecule has 1 heterocycles. The van der Waals surface area contributed by atoms with Crippen LogP contribution < -0.4 is 10.6 Å². The highest BCUT2D eigenvalue weighted by Crippen LogP contribution is 2.12. The van der Waals surface area contributed by atoms with Crippen molar-refractivity contribution in [3.63, 3.8) is 0 Å². The molecule has 2 aromatic carbocycles. The number of hydrogen-bond acceptors (Lipinski definition) is 4. The van der Waals surface area contributed by atoms with E-state index in [1.807, 2.05) is 60.7 Å². The molecule has 0 aliphatic carbocycles. The molecule has 164 valence electrons. The number of nitrogens with one attached hydrogen (secondary N) is 2. The highest BCUT2D eigenvalue weighted by Gasteiger charge is 2.19. The molecular weight excluding hydrogens is 421 g/mol. The van der Waals surface area contributed by atoms with Gasteiger partial charge in [-0.1, -0.05) is 48.5 Å². The number of nitrogens with zero attached hydrogens (tertiary/aromatic N) is 1. The van der Waals surface area contributed by atoms with Crippen LogP contribution in [0, 0.1) is 0 Å². The van der Waals surface area contributed by atoms with Crippen LogP contribution in [0.15, 0.2) is 60.7 Å². The average molecular weight is 452 g/mol. The van der Waals surface area contributed by atoms with Crippen molar-refractivity contribution in [3.05, 3.63) is 66.2 Å². The van der Waals surface area contributed by atoms with Gasteiger partial charge in [-0.05, 0) is 51.0 Å². The monoisotopic (exact) mass is 451 g/mol. The number of benzene rings is 2. The second-order valence-electron chi connectivity index (χ2n) is 7.30. The van der Waals surface area contributed by atoms with E-state index >= 15 is 0 Å². The van der Waals surface area contributed by atoms with Crippen LogP contribution in [-0.2, 0) is 4.79 Å². The summed E-state index contributed by atoms with van der Waals surface area (Å²) in [5.74, 6) is 0.217. The van der Waals surface area contributed by atoms with E-state index in [4.69, 9.17) is 0 Å². The van der Waals surface area contributed by atoms with Gasteiger partial charge in [0.15, 0.2) is 5.78 Å². The number of carbonyl (C=O) groups excluding carboxylic acids is 2. The quantitative estimate of drug-likeness (QED) is 0.561. The number of rotatable bonds is 9. The molecule has 30 heavy (non-hydrogen) atoms. The first-order valence-corrected chi connectivity index (χ1v) is 10.1. The Kier molecular flexibility index (Phi) is 12.3. The maximum absolute atomic E-state index is 12.2. The summed E-state index contributed by atoms with van der Waals surface area (Å²) in [5, 5.41) is 6.26. The Balaban J connectivity index is 0.00000225. The fourth-order valence-corrected chi connectivity index (χ4v) is 3.56. The molecule has 1 amide bonds. The SMILES string of the molecule is Cl.Cl.O=C(CNC1CCN(CCCC(=O)c2ccccc2)CC1)Nc1ccccc1. The Labute approximate surface area is 191 Å². The molecule has 1 aliphatic rings. The van der Waals surface area contributed by atoms with Crippen LogP contribution in [0.1, 0.15) is 36.0 Å². The lowest BCUT2D eigenvalue weighted by molar-refractivity contribution is -0.115. The Morgan fingerprint density at radius 2 is 1.50 bits per heavy atom. The van der Waals surface area contributed by atoms with E-state index in [1.165, 1.54) is 0 Å². The minimum absolute atomic E-state index is 0. The summed E-state index contributed by atoms with van der Waals surface area (Å²) in [6, 6.07) is 19.4. The van der Waals surface area contributed by atoms with Crippen molar-refractivity contribution < 1.29 is 9.59 Å². The first-order chi connectivity index (χ1) is 13.7. The van der Waals surface area contributed by atoms with Crippen molar-refractivity contribution in [3.8, 4) is 0 Å². The lowest BCUT2D eigenvalue weighted by Crippen LogP contribution is -2.45. The predicted octanol–water partition coefficient (Wildman–Crippen LogP) is 4.19. The summed E-state index contributed by atoms with van der Waals surface area (Å²) in [5.41, 5.74) is 1.63. The molecule has 1 saturated heterocycles. The molecule has 0 unspecified atom stereocenters. The number of para-hydroxylation sites is 1. The fraction of sp³-hybridized carbons (Fsp3) is 0.391. The summed E-state index contributed by atoms with van der Waals surface area (Å²) in [6.07, 6.45) is 3.56. The number of piperidine rings is 1. The van der Waals surface area contributed by atoms with Crippen LogP contribution >= 0.6 is 24.8 Å². The first-order valence-electron chi connectivity index (χ1n) is 10.1. The smallest absolute Gasteiger partial charge is 0.238 e. The van der Waals surface area contributed by atoms with E-state index in [0.717, 1.165) is 50.1 Å². The van der Waals surface area contributed by atoms with E-state index in [-0.39, 0.29) is 36.5 Å². The lowest BCUT2D eigenvalue weighted by atomic mass is 10.0. The summed E-state index contributed by atoms with van der Waals surface area (Å²) < 4.78 is 0. The number of likely N-dealkylation sites (tertiary alicyclic amines) is 1. The Morgan fingerprint density at radius 3 is 2.13 bits per heavy atom. The van der Waals surface area contributed by atoms with Gasteiger partial charge in [0.1, 0.15) is 0 Å². The standard InChI is InChI=1S/C23H29N3O2.2ClH/c27-22(19-8-3-1-4-9-19)12-7-15-26-16-13-20(14-17-26)24-18-23(28)25-21-10-5-2-6-11-21;;/h1-6,8-11,20,24H,7,12-18H2,(H,25,28);2*1H. The highest BCUT2D eigenvalue weighted by molar-refractivity contribution is 5.96. The fourth-order valence-electron chi connectivity index (χ4n) is 3.56. The zero-order chi connectivity index (χ0) is 19.6. The number of carbonyl (C=O) groups is 2.